The Labute approximate surface area is 212 Å². The second kappa shape index (κ2) is 14.1. The lowest BCUT2D eigenvalue weighted by molar-refractivity contribution is -0.192. The van der Waals surface area contributed by atoms with Gasteiger partial charge >= 0.3 is 18.2 Å². The number of rotatable bonds is 8. The first-order valence-electron chi connectivity index (χ1n) is 11.6. The summed E-state index contributed by atoms with van der Waals surface area (Å²) in [5.41, 5.74) is 7.78. The van der Waals surface area contributed by atoms with Crippen molar-refractivity contribution in [2.75, 3.05) is 32.8 Å². The first kappa shape index (κ1) is 29.4. The maximum absolute atomic E-state index is 11.7. The number of amides is 2. The van der Waals surface area contributed by atoms with Crippen molar-refractivity contribution in [3.8, 4) is 16.9 Å². The van der Waals surface area contributed by atoms with Crippen LogP contribution in [0.3, 0.4) is 0 Å². The SMILES string of the molecule is CCOC(=O)N1CCC(NCCOc2ccc(-c3cccc(C(N)=O)c3)cc2)CC1.O=C(O)C(F)(F)F. The van der Waals surface area contributed by atoms with Crippen molar-refractivity contribution in [1.82, 2.24) is 10.2 Å². The lowest BCUT2D eigenvalue weighted by atomic mass is 10.0. The summed E-state index contributed by atoms with van der Waals surface area (Å²) in [7, 11) is 0. The van der Waals surface area contributed by atoms with Crippen LogP contribution in [0.2, 0.25) is 0 Å². The van der Waals surface area contributed by atoms with Crippen LogP contribution in [0.5, 0.6) is 5.75 Å². The quantitative estimate of drug-likeness (QED) is 0.448. The molecular weight excluding hydrogens is 495 g/mol. The van der Waals surface area contributed by atoms with Crippen LogP contribution >= 0.6 is 0 Å². The standard InChI is InChI=1S/C23H29N3O4.C2HF3O2/c1-2-29-23(28)26-13-10-20(11-14-26)25-12-15-30-21-8-6-17(7-9-21)18-4-3-5-19(16-18)22(24)27;3-2(4,5)1(6)7/h3-9,16,20,25H,2,10-15H2,1H3,(H2,24,27);(H,6,7). The molecule has 0 bridgehead atoms. The van der Waals surface area contributed by atoms with Gasteiger partial charge in [-0.1, -0.05) is 24.3 Å². The number of ether oxygens (including phenoxy) is 2. The molecule has 1 heterocycles. The number of aliphatic carboxylic acids is 1. The lowest BCUT2D eigenvalue weighted by Gasteiger charge is -2.31. The number of nitrogens with one attached hydrogen (secondary N) is 1. The number of carboxylic acid groups (broad SMARTS) is 1. The third-order valence-corrected chi connectivity index (χ3v) is 5.40. The zero-order chi connectivity index (χ0) is 27.4. The summed E-state index contributed by atoms with van der Waals surface area (Å²) in [5.74, 6) is -2.40. The average molecular weight is 526 g/mol. The van der Waals surface area contributed by atoms with Gasteiger partial charge in [0.15, 0.2) is 0 Å². The third kappa shape index (κ3) is 10.00. The first-order valence-corrected chi connectivity index (χ1v) is 11.6. The summed E-state index contributed by atoms with van der Waals surface area (Å²) in [6.07, 6.45) is -3.47. The summed E-state index contributed by atoms with van der Waals surface area (Å²) in [6.45, 7) is 4.98. The fraction of sp³-hybridized carbons (Fsp3) is 0.400. The summed E-state index contributed by atoms with van der Waals surface area (Å²) in [4.78, 5) is 33.7. The Bertz CT molecular complexity index is 1040. The van der Waals surface area contributed by atoms with Crippen LogP contribution in [0.25, 0.3) is 11.1 Å². The molecule has 1 aliphatic heterocycles. The Kier molecular flexibility index (Phi) is 11.2. The fourth-order valence-corrected chi connectivity index (χ4v) is 3.51. The zero-order valence-electron chi connectivity index (χ0n) is 20.3. The van der Waals surface area contributed by atoms with E-state index in [2.05, 4.69) is 5.32 Å². The van der Waals surface area contributed by atoms with Crippen LogP contribution in [0.4, 0.5) is 18.0 Å². The molecule has 0 radical (unpaired) electrons. The average Bonchev–Trinajstić information content (AvgIpc) is 2.87. The molecule has 1 fully saturated rings. The number of primary amides is 1. The van der Waals surface area contributed by atoms with Crippen LogP contribution in [0, 0.1) is 0 Å². The molecular formula is C25H30F3N3O6. The highest BCUT2D eigenvalue weighted by atomic mass is 19.4. The maximum Gasteiger partial charge on any atom is 0.490 e. The van der Waals surface area contributed by atoms with E-state index in [0.717, 1.165) is 49.4 Å². The monoisotopic (exact) mass is 525 g/mol. The molecule has 2 amide bonds. The molecule has 0 saturated carbocycles. The van der Waals surface area contributed by atoms with E-state index in [9.17, 15) is 22.8 Å². The summed E-state index contributed by atoms with van der Waals surface area (Å²) < 4.78 is 42.6. The van der Waals surface area contributed by atoms with Crippen molar-refractivity contribution in [2.24, 2.45) is 5.73 Å². The minimum absolute atomic E-state index is 0.218. The minimum Gasteiger partial charge on any atom is -0.492 e. The molecule has 4 N–H and O–H groups in total. The first-order chi connectivity index (χ1) is 17.5. The number of carbonyl (C=O) groups is 3. The highest BCUT2D eigenvalue weighted by Crippen LogP contribution is 2.23. The Morgan fingerprint density at radius 3 is 2.24 bits per heavy atom. The maximum atomic E-state index is 11.7. The van der Waals surface area contributed by atoms with Crippen LogP contribution in [-0.4, -0.2) is 73.0 Å². The number of halogens is 3. The largest absolute Gasteiger partial charge is 0.492 e. The van der Waals surface area contributed by atoms with Crippen LogP contribution < -0.4 is 15.8 Å². The van der Waals surface area contributed by atoms with E-state index in [1.165, 1.54) is 0 Å². The molecule has 2 aromatic carbocycles. The minimum atomic E-state index is -5.08. The van der Waals surface area contributed by atoms with Gasteiger partial charge in [-0.2, -0.15) is 13.2 Å². The number of nitrogens with two attached hydrogens (primary N) is 1. The van der Waals surface area contributed by atoms with Gasteiger partial charge in [-0.3, -0.25) is 4.79 Å². The molecule has 0 spiro atoms. The smallest absolute Gasteiger partial charge is 0.490 e. The Balaban J connectivity index is 0.000000604. The normalized spacial score (nSPS) is 13.8. The molecule has 3 rings (SSSR count). The van der Waals surface area contributed by atoms with E-state index in [4.69, 9.17) is 25.1 Å². The number of carbonyl (C=O) groups excluding carboxylic acids is 2. The second-order valence-corrected chi connectivity index (χ2v) is 8.04. The van der Waals surface area contributed by atoms with E-state index in [-0.39, 0.29) is 6.09 Å². The number of hydrogen-bond acceptors (Lipinski definition) is 6. The number of likely N-dealkylation sites (tertiary alicyclic amines) is 1. The lowest BCUT2D eigenvalue weighted by Crippen LogP contribution is -2.45. The number of nitrogens with zero attached hydrogens (tertiary/aromatic N) is 1. The highest BCUT2D eigenvalue weighted by molar-refractivity contribution is 5.94. The molecule has 12 heteroatoms. The van der Waals surface area contributed by atoms with E-state index in [1.807, 2.05) is 43.3 Å². The molecule has 0 aliphatic carbocycles. The molecule has 1 saturated heterocycles. The summed E-state index contributed by atoms with van der Waals surface area (Å²) >= 11 is 0. The van der Waals surface area contributed by atoms with Gasteiger partial charge in [-0.25, -0.2) is 9.59 Å². The van der Waals surface area contributed by atoms with Crippen LogP contribution in [0.1, 0.15) is 30.1 Å². The van der Waals surface area contributed by atoms with Crippen molar-refractivity contribution in [1.29, 1.82) is 0 Å². The third-order valence-electron chi connectivity index (χ3n) is 5.40. The Morgan fingerprint density at radius 2 is 1.70 bits per heavy atom. The number of hydrogen-bond donors (Lipinski definition) is 3. The molecule has 202 valence electrons. The Hall–Kier alpha value is -3.80. The van der Waals surface area contributed by atoms with Gasteiger partial charge in [0.25, 0.3) is 0 Å². The van der Waals surface area contributed by atoms with Crippen molar-refractivity contribution in [3.05, 3.63) is 54.1 Å². The van der Waals surface area contributed by atoms with E-state index < -0.39 is 18.1 Å². The molecule has 1 aliphatic rings. The molecule has 2 aromatic rings. The van der Waals surface area contributed by atoms with Crippen molar-refractivity contribution < 1.29 is 42.1 Å². The number of alkyl halides is 3. The topological polar surface area (TPSA) is 131 Å². The zero-order valence-corrected chi connectivity index (χ0v) is 20.3. The molecule has 0 unspecified atom stereocenters. The fourth-order valence-electron chi connectivity index (χ4n) is 3.51. The molecule has 0 aromatic heterocycles. The summed E-state index contributed by atoms with van der Waals surface area (Å²) in [6, 6.07) is 15.4. The predicted molar refractivity (Wildman–Crippen MR) is 129 cm³/mol. The van der Waals surface area contributed by atoms with Gasteiger partial charge in [0.1, 0.15) is 12.4 Å². The van der Waals surface area contributed by atoms with E-state index >= 15 is 0 Å². The van der Waals surface area contributed by atoms with E-state index in [0.29, 0.717) is 24.8 Å². The summed E-state index contributed by atoms with van der Waals surface area (Å²) in [5, 5.41) is 10.6. The van der Waals surface area contributed by atoms with Crippen LogP contribution in [0.15, 0.2) is 48.5 Å². The Morgan fingerprint density at radius 1 is 1.08 bits per heavy atom. The number of benzene rings is 2. The molecule has 37 heavy (non-hydrogen) atoms. The highest BCUT2D eigenvalue weighted by Gasteiger charge is 2.38. The molecule has 0 atom stereocenters. The van der Waals surface area contributed by atoms with Gasteiger partial charge in [-0.05, 0) is 55.2 Å². The second-order valence-electron chi connectivity index (χ2n) is 8.04. The van der Waals surface area contributed by atoms with Crippen molar-refractivity contribution in [3.63, 3.8) is 0 Å². The molecule has 9 nitrogen and oxygen atoms in total. The van der Waals surface area contributed by atoms with Gasteiger partial charge in [0, 0.05) is 31.2 Å². The number of carboxylic acids is 1. The predicted octanol–water partition coefficient (Wildman–Crippen LogP) is 3.68. The van der Waals surface area contributed by atoms with Gasteiger partial charge < -0.3 is 30.5 Å². The van der Waals surface area contributed by atoms with E-state index in [1.54, 1.807) is 17.0 Å². The van der Waals surface area contributed by atoms with Crippen LogP contribution in [-0.2, 0) is 9.53 Å². The van der Waals surface area contributed by atoms with Crippen molar-refractivity contribution in [2.45, 2.75) is 32.0 Å². The van der Waals surface area contributed by atoms with Gasteiger partial charge in [-0.15, -0.1) is 0 Å². The van der Waals surface area contributed by atoms with Gasteiger partial charge in [0.2, 0.25) is 5.91 Å². The van der Waals surface area contributed by atoms with Crippen molar-refractivity contribution >= 4 is 18.0 Å². The number of piperidine rings is 1. The van der Waals surface area contributed by atoms with Gasteiger partial charge in [0.05, 0.1) is 6.61 Å².